The molecule has 5 heteroatoms. The van der Waals surface area contributed by atoms with E-state index in [-0.39, 0.29) is 12.0 Å². The number of hydrogen-bond acceptors (Lipinski definition) is 4. The van der Waals surface area contributed by atoms with E-state index < -0.39 is 0 Å². The number of benzene rings is 1. The molecule has 126 valence electrons. The van der Waals surface area contributed by atoms with E-state index >= 15 is 0 Å². The van der Waals surface area contributed by atoms with Crippen LogP contribution in [0.5, 0.6) is 5.75 Å². The van der Waals surface area contributed by atoms with Crippen LogP contribution in [0.25, 0.3) is 0 Å². The lowest BCUT2D eigenvalue weighted by atomic mass is 10.1. The molecule has 2 aliphatic rings. The fourth-order valence-corrected chi connectivity index (χ4v) is 3.58. The Balaban J connectivity index is 1.38. The van der Waals surface area contributed by atoms with E-state index in [0.29, 0.717) is 19.1 Å². The number of ether oxygens (including phenoxy) is 1. The van der Waals surface area contributed by atoms with Crippen molar-refractivity contribution in [3.05, 3.63) is 30.3 Å². The summed E-state index contributed by atoms with van der Waals surface area (Å²) in [5.74, 6) is 0.966. The van der Waals surface area contributed by atoms with E-state index in [0.717, 1.165) is 51.2 Å². The Morgan fingerprint density at radius 2 is 1.87 bits per heavy atom. The Labute approximate surface area is 137 Å². The second kappa shape index (κ2) is 7.79. The molecule has 1 aliphatic heterocycles. The smallest absolute Gasteiger partial charge is 0.226 e. The van der Waals surface area contributed by atoms with Crippen LogP contribution in [0.1, 0.15) is 25.7 Å². The summed E-state index contributed by atoms with van der Waals surface area (Å²) in [6.45, 7) is 3.67. The highest BCUT2D eigenvalue weighted by atomic mass is 16.5. The van der Waals surface area contributed by atoms with Crippen molar-refractivity contribution < 1.29 is 14.6 Å². The molecule has 5 nitrogen and oxygen atoms in total. The van der Waals surface area contributed by atoms with Crippen LogP contribution in [0.2, 0.25) is 0 Å². The van der Waals surface area contributed by atoms with E-state index in [1.807, 2.05) is 35.2 Å². The molecule has 0 bridgehead atoms. The van der Waals surface area contributed by atoms with Crippen molar-refractivity contribution in [2.75, 3.05) is 32.8 Å². The SMILES string of the molecule is O=C(CCOc1ccccc1)N1CCN(C2CCCC2O)CC1. The molecule has 3 rings (SSSR count). The van der Waals surface area contributed by atoms with Crippen molar-refractivity contribution in [2.45, 2.75) is 37.8 Å². The first-order valence-electron chi connectivity index (χ1n) is 8.62. The van der Waals surface area contributed by atoms with Crippen LogP contribution in [-0.4, -0.2) is 65.7 Å². The zero-order chi connectivity index (χ0) is 16.1. The van der Waals surface area contributed by atoms with Crippen molar-refractivity contribution in [1.82, 2.24) is 9.80 Å². The number of carbonyl (C=O) groups excluding carboxylic acids is 1. The molecule has 1 saturated heterocycles. The average molecular weight is 318 g/mol. The molecular formula is C18H26N2O3. The summed E-state index contributed by atoms with van der Waals surface area (Å²) in [5, 5.41) is 10.0. The Kier molecular flexibility index (Phi) is 5.51. The summed E-state index contributed by atoms with van der Waals surface area (Å²) in [7, 11) is 0. The number of aliphatic hydroxyl groups excluding tert-OH is 1. The van der Waals surface area contributed by atoms with Gasteiger partial charge in [-0.05, 0) is 31.4 Å². The maximum atomic E-state index is 12.3. The number of para-hydroxylation sites is 1. The van der Waals surface area contributed by atoms with Gasteiger partial charge >= 0.3 is 0 Å². The van der Waals surface area contributed by atoms with Crippen LogP contribution in [0, 0.1) is 0 Å². The summed E-state index contributed by atoms with van der Waals surface area (Å²) < 4.78 is 5.59. The van der Waals surface area contributed by atoms with Gasteiger partial charge in [0.25, 0.3) is 0 Å². The molecule has 1 aromatic carbocycles. The minimum atomic E-state index is -0.184. The predicted molar refractivity (Wildman–Crippen MR) is 88.4 cm³/mol. The van der Waals surface area contributed by atoms with Crippen LogP contribution in [0.15, 0.2) is 30.3 Å². The summed E-state index contributed by atoms with van der Waals surface area (Å²) >= 11 is 0. The highest BCUT2D eigenvalue weighted by Crippen LogP contribution is 2.25. The average Bonchev–Trinajstić information content (AvgIpc) is 3.02. The van der Waals surface area contributed by atoms with Crippen LogP contribution in [0.3, 0.4) is 0 Å². The van der Waals surface area contributed by atoms with E-state index in [1.54, 1.807) is 0 Å². The molecule has 0 aromatic heterocycles. The highest BCUT2D eigenvalue weighted by Gasteiger charge is 2.33. The van der Waals surface area contributed by atoms with Gasteiger partial charge in [0.1, 0.15) is 5.75 Å². The minimum absolute atomic E-state index is 0.160. The second-order valence-electron chi connectivity index (χ2n) is 6.39. The molecule has 1 N–H and O–H groups in total. The van der Waals surface area contributed by atoms with Gasteiger partial charge in [0.2, 0.25) is 5.91 Å². The molecule has 23 heavy (non-hydrogen) atoms. The zero-order valence-electron chi connectivity index (χ0n) is 13.6. The molecule has 1 saturated carbocycles. The number of nitrogens with zero attached hydrogens (tertiary/aromatic N) is 2. The number of aliphatic hydroxyl groups is 1. The summed E-state index contributed by atoms with van der Waals surface area (Å²) in [6, 6.07) is 9.89. The molecule has 1 aromatic rings. The summed E-state index contributed by atoms with van der Waals surface area (Å²) in [4.78, 5) is 16.5. The lowest BCUT2D eigenvalue weighted by Crippen LogP contribution is -2.53. The first-order chi connectivity index (χ1) is 11.2. The van der Waals surface area contributed by atoms with Crippen molar-refractivity contribution in [3.63, 3.8) is 0 Å². The van der Waals surface area contributed by atoms with Gasteiger partial charge < -0.3 is 14.7 Å². The molecule has 1 aliphatic carbocycles. The normalized spacial score (nSPS) is 25.5. The van der Waals surface area contributed by atoms with Crippen molar-refractivity contribution >= 4 is 5.91 Å². The van der Waals surface area contributed by atoms with Gasteiger partial charge in [-0.1, -0.05) is 18.2 Å². The molecule has 2 fully saturated rings. The van der Waals surface area contributed by atoms with E-state index in [1.165, 1.54) is 0 Å². The van der Waals surface area contributed by atoms with Gasteiger partial charge in [0.05, 0.1) is 19.1 Å². The Hall–Kier alpha value is -1.59. The van der Waals surface area contributed by atoms with E-state index in [9.17, 15) is 9.90 Å². The maximum Gasteiger partial charge on any atom is 0.226 e. The summed E-state index contributed by atoms with van der Waals surface area (Å²) in [6.07, 6.45) is 3.35. The first kappa shape index (κ1) is 16.3. The van der Waals surface area contributed by atoms with Gasteiger partial charge in [0.15, 0.2) is 0 Å². The van der Waals surface area contributed by atoms with Crippen LogP contribution in [-0.2, 0) is 4.79 Å². The van der Waals surface area contributed by atoms with Gasteiger partial charge in [0, 0.05) is 32.2 Å². The third kappa shape index (κ3) is 4.24. The van der Waals surface area contributed by atoms with Crippen LogP contribution in [0.4, 0.5) is 0 Å². The lowest BCUT2D eigenvalue weighted by molar-refractivity contribution is -0.134. The monoisotopic (exact) mass is 318 g/mol. The molecule has 1 amide bonds. The number of amides is 1. The van der Waals surface area contributed by atoms with Crippen molar-refractivity contribution in [1.29, 1.82) is 0 Å². The van der Waals surface area contributed by atoms with Crippen LogP contribution < -0.4 is 4.74 Å². The zero-order valence-corrected chi connectivity index (χ0v) is 13.6. The largest absolute Gasteiger partial charge is 0.493 e. The van der Waals surface area contributed by atoms with Crippen molar-refractivity contribution in [3.8, 4) is 5.75 Å². The molecular weight excluding hydrogens is 292 g/mol. The molecule has 2 unspecified atom stereocenters. The fraction of sp³-hybridized carbons (Fsp3) is 0.611. The van der Waals surface area contributed by atoms with Gasteiger partial charge in [-0.25, -0.2) is 0 Å². The van der Waals surface area contributed by atoms with Crippen molar-refractivity contribution in [2.24, 2.45) is 0 Å². The van der Waals surface area contributed by atoms with E-state index in [2.05, 4.69) is 4.90 Å². The van der Waals surface area contributed by atoms with Gasteiger partial charge in [-0.2, -0.15) is 0 Å². The topological polar surface area (TPSA) is 53.0 Å². The number of carbonyl (C=O) groups is 1. The predicted octanol–water partition coefficient (Wildman–Crippen LogP) is 1.51. The van der Waals surface area contributed by atoms with Gasteiger partial charge in [-0.3, -0.25) is 9.69 Å². The Morgan fingerprint density at radius 3 is 2.52 bits per heavy atom. The minimum Gasteiger partial charge on any atom is -0.493 e. The van der Waals surface area contributed by atoms with Crippen LogP contribution >= 0.6 is 0 Å². The third-order valence-corrected chi connectivity index (χ3v) is 4.91. The molecule has 0 radical (unpaired) electrons. The molecule has 0 spiro atoms. The standard InChI is InChI=1S/C18H26N2O3/c21-17-8-4-7-16(17)19-10-12-20(13-11-19)18(22)9-14-23-15-5-2-1-3-6-15/h1-3,5-6,16-17,21H,4,7-14H2. The molecule has 1 heterocycles. The summed E-state index contributed by atoms with van der Waals surface area (Å²) in [5.41, 5.74) is 0. The van der Waals surface area contributed by atoms with E-state index in [4.69, 9.17) is 4.74 Å². The number of rotatable bonds is 5. The maximum absolute atomic E-state index is 12.3. The number of hydrogen-bond donors (Lipinski definition) is 1. The highest BCUT2D eigenvalue weighted by molar-refractivity contribution is 5.76. The fourth-order valence-electron chi connectivity index (χ4n) is 3.58. The molecule has 2 atom stereocenters. The van der Waals surface area contributed by atoms with Gasteiger partial charge in [-0.15, -0.1) is 0 Å². The third-order valence-electron chi connectivity index (χ3n) is 4.91. The quantitative estimate of drug-likeness (QED) is 0.894. The number of piperazine rings is 1. The Bertz CT molecular complexity index is 500. The Morgan fingerprint density at radius 1 is 1.13 bits per heavy atom. The lowest BCUT2D eigenvalue weighted by Gasteiger charge is -2.39. The first-order valence-corrected chi connectivity index (χ1v) is 8.62. The second-order valence-corrected chi connectivity index (χ2v) is 6.39.